The van der Waals surface area contributed by atoms with Crippen molar-refractivity contribution in [1.29, 1.82) is 0 Å². The maximum Gasteiger partial charge on any atom is 0.258 e. The number of aromatic hydroxyl groups is 2. The van der Waals surface area contributed by atoms with E-state index < -0.39 is 0 Å². The van der Waals surface area contributed by atoms with Crippen LogP contribution in [-0.4, -0.2) is 21.0 Å². The van der Waals surface area contributed by atoms with Gasteiger partial charge in [0.2, 0.25) is 0 Å². The summed E-state index contributed by atoms with van der Waals surface area (Å²) in [6.45, 7) is 2.40. The van der Waals surface area contributed by atoms with Gasteiger partial charge < -0.3 is 15.1 Å². The molecule has 1 amide bonds. The Kier molecular flexibility index (Phi) is 2.86. The lowest BCUT2D eigenvalue weighted by Crippen LogP contribution is -2.27. The van der Waals surface area contributed by atoms with E-state index in [1.54, 1.807) is 11.0 Å². The average molecular weight is 269 g/mol. The number of benzene rings is 2. The first-order valence-corrected chi connectivity index (χ1v) is 6.49. The van der Waals surface area contributed by atoms with Crippen LogP contribution in [0.25, 0.3) is 0 Å². The van der Waals surface area contributed by atoms with Gasteiger partial charge in [-0.2, -0.15) is 0 Å². The molecule has 1 aliphatic heterocycles. The lowest BCUT2D eigenvalue weighted by Gasteiger charge is -2.24. The topological polar surface area (TPSA) is 60.8 Å². The molecular weight excluding hydrogens is 254 g/mol. The molecule has 1 atom stereocenters. The fourth-order valence-corrected chi connectivity index (χ4v) is 2.62. The van der Waals surface area contributed by atoms with Crippen molar-refractivity contribution in [3.8, 4) is 11.5 Å². The fourth-order valence-electron chi connectivity index (χ4n) is 2.62. The van der Waals surface area contributed by atoms with Crippen molar-refractivity contribution < 1.29 is 15.0 Å². The van der Waals surface area contributed by atoms with E-state index in [0.717, 1.165) is 11.1 Å². The number of phenolic OH excluding ortho intramolecular Hbond substituents is 2. The van der Waals surface area contributed by atoms with Crippen molar-refractivity contribution in [2.45, 2.75) is 19.5 Å². The number of rotatable bonds is 2. The van der Waals surface area contributed by atoms with Gasteiger partial charge in [-0.05, 0) is 24.1 Å². The van der Waals surface area contributed by atoms with Crippen LogP contribution in [0.15, 0.2) is 42.5 Å². The summed E-state index contributed by atoms with van der Waals surface area (Å²) in [6.07, 6.45) is 0. The molecule has 4 heteroatoms. The van der Waals surface area contributed by atoms with Crippen molar-refractivity contribution in [3.05, 3.63) is 59.2 Å². The predicted molar refractivity (Wildman–Crippen MR) is 74.5 cm³/mol. The van der Waals surface area contributed by atoms with Crippen molar-refractivity contribution in [3.63, 3.8) is 0 Å². The van der Waals surface area contributed by atoms with Crippen LogP contribution in [0.1, 0.15) is 34.5 Å². The molecule has 0 radical (unpaired) electrons. The van der Waals surface area contributed by atoms with Crippen LogP contribution in [0.2, 0.25) is 0 Å². The van der Waals surface area contributed by atoms with Crippen LogP contribution < -0.4 is 0 Å². The third-order valence-electron chi connectivity index (χ3n) is 3.81. The number of phenols is 2. The normalized spacial score (nSPS) is 15.2. The molecule has 102 valence electrons. The van der Waals surface area contributed by atoms with E-state index in [2.05, 4.69) is 0 Å². The van der Waals surface area contributed by atoms with E-state index in [-0.39, 0.29) is 29.0 Å². The minimum atomic E-state index is -0.324. The molecule has 0 aromatic heterocycles. The predicted octanol–water partition coefficient (Wildman–Crippen LogP) is 2.81. The van der Waals surface area contributed by atoms with Crippen LogP contribution in [0.5, 0.6) is 11.5 Å². The van der Waals surface area contributed by atoms with Gasteiger partial charge >= 0.3 is 0 Å². The van der Waals surface area contributed by atoms with Gasteiger partial charge in [0.1, 0.15) is 0 Å². The maximum absolute atomic E-state index is 12.4. The number of nitrogens with zero attached hydrogens (tertiary/aromatic N) is 1. The zero-order chi connectivity index (χ0) is 14.3. The lowest BCUT2D eigenvalue weighted by atomic mass is 10.1. The molecule has 0 saturated heterocycles. The molecule has 3 rings (SSSR count). The van der Waals surface area contributed by atoms with E-state index in [1.807, 2.05) is 37.3 Å². The first kappa shape index (κ1) is 12.5. The highest BCUT2D eigenvalue weighted by Crippen LogP contribution is 2.39. The van der Waals surface area contributed by atoms with E-state index in [0.29, 0.717) is 6.54 Å². The van der Waals surface area contributed by atoms with E-state index >= 15 is 0 Å². The zero-order valence-corrected chi connectivity index (χ0v) is 11.1. The first-order chi connectivity index (χ1) is 9.59. The summed E-state index contributed by atoms with van der Waals surface area (Å²) in [6, 6.07) is 12.7. The Morgan fingerprint density at radius 1 is 1.10 bits per heavy atom. The smallest absolute Gasteiger partial charge is 0.258 e. The Balaban J connectivity index is 1.97. The highest BCUT2D eigenvalue weighted by molar-refractivity contribution is 6.01. The monoisotopic (exact) mass is 269 g/mol. The molecule has 0 unspecified atom stereocenters. The van der Waals surface area contributed by atoms with Gasteiger partial charge in [-0.25, -0.2) is 0 Å². The van der Waals surface area contributed by atoms with E-state index in [4.69, 9.17) is 0 Å². The molecule has 2 N–H and O–H groups in total. The number of hydrogen-bond acceptors (Lipinski definition) is 3. The Morgan fingerprint density at radius 3 is 2.50 bits per heavy atom. The number of fused-ring (bicyclic) bond motifs is 1. The van der Waals surface area contributed by atoms with Crippen LogP contribution >= 0.6 is 0 Å². The molecule has 0 aliphatic carbocycles. The number of carbonyl (C=O) groups excluding carboxylic acids is 1. The van der Waals surface area contributed by atoms with Gasteiger partial charge in [-0.1, -0.05) is 36.4 Å². The van der Waals surface area contributed by atoms with Crippen LogP contribution in [0, 0.1) is 0 Å². The largest absolute Gasteiger partial charge is 0.504 e. The molecule has 0 fully saturated rings. The zero-order valence-electron chi connectivity index (χ0n) is 11.1. The summed E-state index contributed by atoms with van der Waals surface area (Å²) < 4.78 is 0. The summed E-state index contributed by atoms with van der Waals surface area (Å²) >= 11 is 0. The van der Waals surface area contributed by atoms with Gasteiger partial charge in [0.05, 0.1) is 11.6 Å². The third kappa shape index (κ3) is 1.81. The maximum atomic E-state index is 12.4. The molecule has 4 nitrogen and oxygen atoms in total. The number of carbonyl (C=O) groups is 1. The van der Waals surface area contributed by atoms with Gasteiger partial charge in [0, 0.05) is 6.54 Å². The Bertz CT molecular complexity index is 667. The average Bonchev–Trinajstić information content (AvgIpc) is 2.81. The summed E-state index contributed by atoms with van der Waals surface area (Å²) in [7, 11) is 0. The van der Waals surface area contributed by atoms with Crippen LogP contribution in [-0.2, 0) is 6.54 Å². The Hall–Kier alpha value is -2.49. The second-order valence-electron chi connectivity index (χ2n) is 4.99. The number of hydrogen-bond donors (Lipinski definition) is 2. The molecular formula is C16H15NO3. The molecule has 0 saturated carbocycles. The van der Waals surface area contributed by atoms with Gasteiger partial charge in [0.25, 0.3) is 5.91 Å². The molecule has 1 heterocycles. The SMILES string of the molecule is C[C@@H](c1ccccc1)N1Cc2ccc(O)c(O)c2C1=O. The van der Waals surface area contributed by atoms with Gasteiger partial charge in [-0.3, -0.25) is 4.79 Å². The number of amides is 1. The van der Waals surface area contributed by atoms with Crippen LogP contribution in [0.3, 0.4) is 0 Å². The molecule has 2 aromatic rings. The Labute approximate surface area is 116 Å². The summed E-state index contributed by atoms with van der Waals surface area (Å²) in [5.41, 5.74) is 2.00. The Morgan fingerprint density at radius 2 is 1.80 bits per heavy atom. The standard InChI is InChI=1S/C16H15NO3/c1-10(11-5-3-2-4-6-11)17-9-12-7-8-13(18)15(19)14(12)16(17)20/h2-8,10,18-19H,9H2,1H3/t10-/m0/s1. The summed E-state index contributed by atoms with van der Waals surface area (Å²) in [4.78, 5) is 14.1. The van der Waals surface area contributed by atoms with Crippen molar-refractivity contribution in [1.82, 2.24) is 4.90 Å². The van der Waals surface area contributed by atoms with Crippen LogP contribution in [0.4, 0.5) is 0 Å². The molecule has 2 aromatic carbocycles. The quantitative estimate of drug-likeness (QED) is 0.824. The van der Waals surface area contributed by atoms with E-state index in [9.17, 15) is 15.0 Å². The van der Waals surface area contributed by atoms with E-state index in [1.165, 1.54) is 6.07 Å². The first-order valence-electron chi connectivity index (χ1n) is 6.49. The minimum absolute atomic E-state index is 0.0855. The highest BCUT2D eigenvalue weighted by atomic mass is 16.3. The molecule has 20 heavy (non-hydrogen) atoms. The second-order valence-corrected chi connectivity index (χ2v) is 4.99. The molecule has 0 spiro atoms. The van der Waals surface area contributed by atoms with Gasteiger partial charge in [-0.15, -0.1) is 0 Å². The molecule has 0 bridgehead atoms. The minimum Gasteiger partial charge on any atom is -0.504 e. The lowest BCUT2D eigenvalue weighted by molar-refractivity contribution is 0.0713. The van der Waals surface area contributed by atoms with Gasteiger partial charge in [0.15, 0.2) is 11.5 Å². The second kappa shape index (κ2) is 4.56. The van der Waals surface area contributed by atoms with Crippen molar-refractivity contribution in [2.24, 2.45) is 0 Å². The molecule has 1 aliphatic rings. The summed E-state index contributed by atoms with van der Waals surface area (Å²) in [5, 5.41) is 19.4. The summed E-state index contributed by atoms with van der Waals surface area (Å²) in [5.74, 6) is -0.827. The highest BCUT2D eigenvalue weighted by Gasteiger charge is 2.34. The third-order valence-corrected chi connectivity index (χ3v) is 3.81. The van der Waals surface area contributed by atoms with Crippen molar-refractivity contribution >= 4 is 5.91 Å². The van der Waals surface area contributed by atoms with Crippen molar-refractivity contribution in [2.75, 3.05) is 0 Å². The fraction of sp³-hybridized carbons (Fsp3) is 0.188.